The number of aliphatic hydroxyl groups excluding tert-OH is 1. The van der Waals surface area contributed by atoms with Crippen molar-refractivity contribution in [1.82, 2.24) is 0 Å². The molecule has 1 aliphatic carbocycles. The first-order valence-electron chi connectivity index (χ1n) is 4.45. The van der Waals surface area contributed by atoms with Gasteiger partial charge in [-0.05, 0) is 19.9 Å². The monoisotopic (exact) mass is 220 g/mol. The first-order chi connectivity index (χ1) is 6.38. The van der Waals surface area contributed by atoms with Crippen molar-refractivity contribution < 1.29 is 19.7 Å². The van der Waals surface area contributed by atoms with E-state index >= 15 is 0 Å². The third-order valence-electron chi connectivity index (χ3n) is 2.50. The molecule has 0 aromatic rings. The molecule has 2 N–H and O–H groups in total. The van der Waals surface area contributed by atoms with Crippen molar-refractivity contribution in [3.8, 4) is 0 Å². The summed E-state index contributed by atoms with van der Waals surface area (Å²) in [5, 5.41) is 19.4. The van der Waals surface area contributed by atoms with E-state index < -0.39 is 30.2 Å². The molecule has 1 heterocycles. The minimum absolute atomic E-state index is 0.386. The van der Waals surface area contributed by atoms with Crippen molar-refractivity contribution in [3.63, 3.8) is 0 Å². The maximum atomic E-state index is 9.96. The predicted molar refractivity (Wildman–Crippen MR) is 49.8 cm³/mol. The molecular weight excluding hydrogens is 208 g/mol. The van der Waals surface area contributed by atoms with Gasteiger partial charge in [0.05, 0.1) is 6.61 Å². The zero-order valence-electron chi connectivity index (χ0n) is 8.03. The first kappa shape index (κ1) is 10.4. The molecule has 2 rings (SSSR count). The summed E-state index contributed by atoms with van der Waals surface area (Å²) in [5.41, 5.74) is -1.42. The highest BCUT2D eigenvalue weighted by molar-refractivity contribution is 6.30. The van der Waals surface area contributed by atoms with Crippen LogP contribution >= 0.6 is 11.6 Å². The highest BCUT2D eigenvalue weighted by Gasteiger charge is 2.56. The molecule has 0 amide bonds. The molecule has 0 aromatic heterocycles. The second kappa shape index (κ2) is 2.93. The summed E-state index contributed by atoms with van der Waals surface area (Å²) in [7, 11) is 0. The van der Waals surface area contributed by atoms with Gasteiger partial charge in [0.2, 0.25) is 0 Å². The van der Waals surface area contributed by atoms with Gasteiger partial charge in [-0.25, -0.2) is 0 Å². The molecule has 0 bridgehead atoms. The Morgan fingerprint density at radius 3 is 2.71 bits per heavy atom. The number of fused-ring (bicyclic) bond motifs is 1. The molecule has 1 fully saturated rings. The Hall–Kier alpha value is -0.130. The lowest BCUT2D eigenvalue weighted by atomic mass is 10.0. The zero-order valence-corrected chi connectivity index (χ0v) is 8.78. The quantitative estimate of drug-likeness (QED) is 0.670. The first-order valence-corrected chi connectivity index (χ1v) is 4.83. The fourth-order valence-electron chi connectivity index (χ4n) is 1.87. The van der Waals surface area contributed by atoms with E-state index in [4.69, 9.17) is 26.2 Å². The average Bonchev–Trinajstić information content (AvgIpc) is 2.50. The third-order valence-corrected chi connectivity index (χ3v) is 2.83. The van der Waals surface area contributed by atoms with Crippen molar-refractivity contribution >= 4 is 11.6 Å². The van der Waals surface area contributed by atoms with E-state index in [-0.39, 0.29) is 0 Å². The lowest BCUT2D eigenvalue weighted by molar-refractivity contribution is -0.169. The SMILES string of the molecule is CC1(C)OC2C(Cl)=CC(O)(CO)C2O1. The van der Waals surface area contributed by atoms with Crippen LogP contribution in [-0.4, -0.2) is 40.4 Å². The smallest absolute Gasteiger partial charge is 0.164 e. The number of rotatable bonds is 1. The highest BCUT2D eigenvalue weighted by Crippen LogP contribution is 2.44. The maximum Gasteiger partial charge on any atom is 0.164 e. The van der Waals surface area contributed by atoms with Crippen LogP contribution in [-0.2, 0) is 9.47 Å². The van der Waals surface area contributed by atoms with Gasteiger partial charge in [0, 0.05) is 5.03 Å². The van der Waals surface area contributed by atoms with E-state index in [0.717, 1.165) is 0 Å². The highest BCUT2D eigenvalue weighted by atomic mass is 35.5. The van der Waals surface area contributed by atoms with Crippen molar-refractivity contribution in [3.05, 3.63) is 11.1 Å². The van der Waals surface area contributed by atoms with E-state index in [1.165, 1.54) is 6.08 Å². The molecular formula is C9H13ClO4. The Bertz CT molecular complexity index is 289. The summed E-state index contributed by atoms with van der Waals surface area (Å²) in [4.78, 5) is 0. The summed E-state index contributed by atoms with van der Waals surface area (Å²) in [6, 6.07) is 0. The van der Waals surface area contributed by atoms with Crippen LogP contribution in [0.1, 0.15) is 13.8 Å². The van der Waals surface area contributed by atoms with Gasteiger partial charge in [0.15, 0.2) is 5.79 Å². The Morgan fingerprint density at radius 2 is 2.14 bits per heavy atom. The number of hydrogen-bond donors (Lipinski definition) is 2. The molecule has 3 unspecified atom stereocenters. The van der Waals surface area contributed by atoms with Gasteiger partial charge < -0.3 is 19.7 Å². The van der Waals surface area contributed by atoms with Gasteiger partial charge in [0.1, 0.15) is 17.8 Å². The molecule has 14 heavy (non-hydrogen) atoms. The van der Waals surface area contributed by atoms with Crippen LogP contribution in [0.4, 0.5) is 0 Å². The molecule has 5 heteroatoms. The molecule has 0 saturated carbocycles. The summed E-state index contributed by atoms with van der Waals surface area (Å²) in [6.07, 6.45) is 0.304. The van der Waals surface area contributed by atoms with Gasteiger partial charge in [-0.2, -0.15) is 0 Å². The van der Waals surface area contributed by atoms with Crippen LogP contribution in [0.3, 0.4) is 0 Å². The van der Waals surface area contributed by atoms with Crippen molar-refractivity contribution in [2.24, 2.45) is 0 Å². The van der Waals surface area contributed by atoms with E-state index in [9.17, 15) is 5.11 Å². The number of hydrogen-bond acceptors (Lipinski definition) is 4. The molecule has 3 atom stereocenters. The second-order valence-electron chi connectivity index (χ2n) is 4.16. The topological polar surface area (TPSA) is 58.9 Å². The van der Waals surface area contributed by atoms with Crippen molar-refractivity contribution in [1.29, 1.82) is 0 Å². The van der Waals surface area contributed by atoms with E-state index in [2.05, 4.69) is 0 Å². The third kappa shape index (κ3) is 1.38. The Kier molecular flexibility index (Phi) is 2.18. The predicted octanol–water partition coefficient (Wildman–Crippen LogP) is 0.366. The lowest BCUT2D eigenvalue weighted by Gasteiger charge is -2.26. The Morgan fingerprint density at radius 1 is 1.50 bits per heavy atom. The van der Waals surface area contributed by atoms with E-state index in [1.807, 2.05) is 0 Å². The van der Waals surface area contributed by atoms with Crippen LogP contribution in [0, 0.1) is 0 Å². The fourth-order valence-corrected chi connectivity index (χ4v) is 2.21. The molecule has 0 radical (unpaired) electrons. The minimum atomic E-state index is -1.42. The van der Waals surface area contributed by atoms with E-state index in [1.54, 1.807) is 13.8 Å². The van der Waals surface area contributed by atoms with Crippen molar-refractivity contribution in [2.45, 2.75) is 37.4 Å². The standard InChI is InChI=1S/C9H13ClO4/c1-8(2)13-6-5(10)3-9(12,4-11)7(6)14-8/h3,6-7,11-12H,4H2,1-2H3. The van der Waals surface area contributed by atoms with Crippen LogP contribution in [0.2, 0.25) is 0 Å². The van der Waals surface area contributed by atoms with Crippen LogP contribution in [0.25, 0.3) is 0 Å². The molecule has 0 spiro atoms. The van der Waals surface area contributed by atoms with Crippen LogP contribution < -0.4 is 0 Å². The molecule has 80 valence electrons. The normalized spacial score (nSPS) is 45.1. The number of aliphatic hydroxyl groups is 2. The molecule has 2 aliphatic rings. The summed E-state index contributed by atoms with van der Waals surface area (Å²) < 4.78 is 11.0. The minimum Gasteiger partial charge on any atom is -0.393 e. The van der Waals surface area contributed by atoms with Crippen LogP contribution in [0.5, 0.6) is 0 Å². The number of halogens is 1. The summed E-state index contributed by atoms with van der Waals surface area (Å²) in [5.74, 6) is -0.771. The summed E-state index contributed by atoms with van der Waals surface area (Å²) >= 11 is 5.89. The summed E-state index contributed by atoms with van der Waals surface area (Å²) in [6.45, 7) is 3.06. The molecule has 0 aromatic carbocycles. The fraction of sp³-hybridized carbons (Fsp3) is 0.778. The Labute approximate surface area is 87.1 Å². The second-order valence-corrected chi connectivity index (χ2v) is 4.59. The molecule has 1 aliphatic heterocycles. The Balaban J connectivity index is 2.30. The largest absolute Gasteiger partial charge is 0.393 e. The molecule has 4 nitrogen and oxygen atoms in total. The van der Waals surface area contributed by atoms with Gasteiger partial charge in [-0.1, -0.05) is 11.6 Å². The van der Waals surface area contributed by atoms with Crippen LogP contribution in [0.15, 0.2) is 11.1 Å². The zero-order chi connectivity index (χ0) is 10.6. The van der Waals surface area contributed by atoms with E-state index in [0.29, 0.717) is 5.03 Å². The lowest BCUT2D eigenvalue weighted by Crippen LogP contribution is -2.45. The van der Waals surface area contributed by atoms with Gasteiger partial charge in [-0.15, -0.1) is 0 Å². The number of ether oxygens (including phenoxy) is 2. The molecule has 1 saturated heterocycles. The van der Waals surface area contributed by atoms with Gasteiger partial charge in [0.25, 0.3) is 0 Å². The van der Waals surface area contributed by atoms with Gasteiger partial charge in [-0.3, -0.25) is 0 Å². The maximum absolute atomic E-state index is 9.96. The van der Waals surface area contributed by atoms with Gasteiger partial charge >= 0.3 is 0 Å². The average molecular weight is 221 g/mol. The van der Waals surface area contributed by atoms with Crippen molar-refractivity contribution in [2.75, 3.05) is 6.61 Å².